The van der Waals surface area contributed by atoms with Gasteiger partial charge in [-0.2, -0.15) is 5.10 Å². The third kappa shape index (κ3) is 7.37. The van der Waals surface area contributed by atoms with Gasteiger partial charge in [0.2, 0.25) is 0 Å². The molecule has 0 radical (unpaired) electrons. The molecule has 1 N–H and O–H groups in total. The summed E-state index contributed by atoms with van der Waals surface area (Å²) in [5, 5.41) is 20.5. The Morgan fingerprint density at radius 3 is 2.25 bits per heavy atom. The van der Waals surface area contributed by atoms with Gasteiger partial charge in [0.15, 0.2) is 11.0 Å². The van der Waals surface area contributed by atoms with Gasteiger partial charge < -0.3 is 19.5 Å². The minimum absolute atomic E-state index is 0.0583. The number of carbonyl (C=O) groups excluding carboxylic acids is 2. The number of aromatic nitrogens is 3. The van der Waals surface area contributed by atoms with E-state index >= 15 is 0 Å². The first kappa shape index (κ1) is 32.8. The van der Waals surface area contributed by atoms with Gasteiger partial charge in [-0.1, -0.05) is 30.0 Å². The Balaban J connectivity index is 1.25. The van der Waals surface area contributed by atoms with Gasteiger partial charge in [0, 0.05) is 12.1 Å². The molecule has 0 saturated carbocycles. The van der Waals surface area contributed by atoms with E-state index in [0.717, 1.165) is 39.8 Å². The summed E-state index contributed by atoms with van der Waals surface area (Å²) in [6.45, 7) is 2.62. The van der Waals surface area contributed by atoms with Crippen LogP contribution >= 0.6 is 23.1 Å². The highest BCUT2D eigenvalue weighted by Crippen LogP contribution is 2.35. The van der Waals surface area contributed by atoms with E-state index < -0.39 is 0 Å². The van der Waals surface area contributed by atoms with Crippen LogP contribution in [0.2, 0.25) is 0 Å². The molecule has 1 aliphatic rings. The Kier molecular flexibility index (Phi) is 10.4. The normalized spacial score (nSPS) is 14.0. The molecule has 11 nitrogen and oxygen atoms in total. The van der Waals surface area contributed by atoms with E-state index in [1.165, 1.54) is 23.1 Å². The number of carbonyl (C=O) groups is 2. The van der Waals surface area contributed by atoms with Crippen LogP contribution in [0.25, 0.3) is 5.69 Å². The fourth-order valence-electron chi connectivity index (χ4n) is 5.26. The predicted molar refractivity (Wildman–Crippen MR) is 185 cm³/mol. The Morgan fingerprint density at radius 1 is 0.917 bits per heavy atom. The zero-order valence-corrected chi connectivity index (χ0v) is 28.3. The van der Waals surface area contributed by atoms with Crippen molar-refractivity contribution in [3.05, 3.63) is 112 Å². The molecule has 6 rings (SSSR count). The number of hydrogen-bond donors (Lipinski definition) is 1. The average Bonchev–Trinajstić information content (AvgIpc) is 3.91. The molecule has 0 bridgehead atoms. The topological polar surface area (TPSA) is 120 Å². The van der Waals surface area contributed by atoms with Gasteiger partial charge >= 0.3 is 0 Å². The Labute approximate surface area is 286 Å². The van der Waals surface area contributed by atoms with E-state index in [1.54, 1.807) is 25.3 Å². The lowest BCUT2D eigenvalue weighted by Gasteiger charge is -2.22. The van der Waals surface area contributed by atoms with Gasteiger partial charge in [-0.15, -0.1) is 21.5 Å². The summed E-state index contributed by atoms with van der Waals surface area (Å²) in [5.74, 6) is 2.42. The van der Waals surface area contributed by atoms with E-state index in [4.69, 9.17) is 19.3 Å². The molecule has 5 aromatic rings. The number of amides is 2. The molecule has 0 aliphatic carbocycles. The summed E-state index contributed by atoms with van der Waals surface area (Å²) in [4.78, 5) is 27.3. The fourth-order valence-corrected chi connectivity index (χ4v) is 6.72. The molecule has 13 heteroatoms. The summed E-state index contributed by atoms with van der Waals surface area (Å²) in [6, 6.07) is 26.2. The van der Waals surface area contributed by atoms with Crippen LogP contribution in [0.3, 0.4) is 0 Å². The monoisotopic (exact) mass is 682 g/mol. The summed E-state index contributed by atoms with van der Waals surface area (Å²) < 4.78 is 18.2. The Bertz CT molecular complexity index is 1870. The largest absolute Gasteiger partial charge is 0.497 e. The van der Waals surface area contributed by atoms with Crippen molar-refractivity contribution in [1.29, 1.82) is 0 Å². The maximum Gasteiger partial charge on any atom is 0.261 e. The van der Waals surface area contributed by atoms with Gasteiger partial charge in [-0.25, -0.2) is 5.01 Å². The Hall–Kier alpha value is -5.14. The van der Waals surface area contributed by atoms with Gasteiger partial charge in [-0.05, 0) is 90.2 Å². The molecule has 0 spiro atoms. The highest BCUT2D eigenvalue weighted by molar-refractivity contribution is 7.99. The van der Waals surface area contributed by atoms with Gasteiger partial charge in [0.1, 0.15) is 17.2 Å². The number of thiophene rings is 1. The fraction of sp³-hybridized carbons (Fsp3) is 0.229. The van der Waals surface area contributed by atoms with Gasteiger partial charge in [-0.3, -0.25) is 14.2 Å². The van der Waals surface area contributed by atoms with Crippen LogP contribution in [0.5, 0.6) is 17.2 Å². The van der Waals surface area contributed by atoms with E-state index in [9.17, 15) is 9.59 Å². The van der Waals surface area contributed by atoms with Gasteiger partial charge in [0.05, 0.1) is 49.8 Å². The molecule has 3 heterocycles. The number of nitrogens with zero attached hydrogens (tertiary/aromatic N) is 5. The molecule has 246 valence electrons. The van der Waals surface area contributed by atoms with Crippen molar-refractivity contribution in [3.8, 4) is 22.9 Å². The number of ether oxygens (including phenoxy) is 3. The number of thioether (sulfide) groups is 1. The molecule has 2 amide bonds. The lowest BCUT2D eigenvalue weighted by atomic mass is 9.98. The van der Waals surface area contributed by atoms with Crippen LogP contribution in [-0.4, -0.2) is 63.9 Å². The minimum atomic E-state index is -0.298. The molecule has 1 aliphatic heterocycles. The molecule has 1 atom stereocenters. The van der Waals surface area contributed by atoms with Crippen molar-refractivity contribution < 1.29 is 23.8 Å². The van der Waals surface area contributed by atoms with Crippen molar-refractivity contribution in [3.63, 3.8) is 0 Å². The summed E-state index contributed by atoms with van der Waals surface area (Å²) >= 11 is 2.62. The molecule has 0 unspecified atom stereocenters. The van der Waals surface area contributed by atoms with Crippen LogP contribution in [0.4, 0.5) is 0 Å². The zero-order chi connectivity index (χ0) is 33.5. The first-order valence-electron chi connectivity index (χ1n) is 15.3. The second-order valence-electron chi connectivity index (χ2n) is 10.6. The van der Waals surface area contributed by atoms with Crippen LogP contribution < -0.4 is 19.5 Å². The Morgan fingerprint density at radius 2 is 1.60 bits per heavy atom. The van der Waals surface area contributed by atoms with Gasteiger partial charge in [0.25, 0.3) is 11.8 Å². The second kappa shape index (κ2) is 15.2. The molecular weight excluding hydrogens is 649 g/mol. The second-order valence-corrected chi connectivity index (χ2v) is 12.5. The highest BCUT2D eigenvalue weighted by atomic mass is 32.2. The SMILES string of the molecule is CCOc1ccc(-n2c(CNC(=O)c3cccs3)nnc2SCC(=O)N2N=C(c3ccc(OC)cc3)C[C@H]2c2ccc(OC)cc2)cc1. The number of methoxy groups -OCH3 is 2. The maximum atomic E-state index is 13.9. The van der Waals surface area contributed by atoms with Crippen LogP contribution in [0, 0.1) is 0 Å². The van der Waals surface area contributed by atoms with E-state index in [0.29, 0.717) is 28.9 Å². The minimum Gasteiger partial charge on any atom is -0.497 e. The third-order valence-corrected chi connectivity index (χ3v) is 9.46. The summed E-state index contributed by atoms with van der Waals surface area (Å²) in [7, 11) is 3.25. The first-order valence-corrected chi connectivity index (χ1v) is 17.1. The first-order chi connectivity index (χ1) is 23.5. The van der Waals surface area contributed by atoms with Crippen LogP contribution in [-0.2, 0) is 11.3 Å². The summed E-state index contributed by atoms with van der Waals surface area (Å²) in [6.07, 6.45) is 0.547. The molecule has 3 aromatic carbocycles. The van der Waals surface area contributed by atoms with E-state index in [2.05, 4.69) is 15.5 Å². The predicted octanol–water partition coefficient (Wildman–Crippen LogP) is 6.14. The van der Waals surface area contributed by atoms with Crippen molar-refractivity contribution >= 4 is 40.6 Å². The van der Waals surface area contributed by atoms with Crippen molar-refractivity contribution in [2.24, 2.45) is 5.10 Å². The average molecular weight is 683 g/mol. The number of benzene rings is 3. The van der Waals surface area contributed by atoms with Crippen molar-refractivity contribution in [2.75, 3.05) is 26.6 Å². The molecular formula is C35H34N6O5S2. The molecule has 48 heavy (non-hydrogen) atoms. The van der Waals surface area contributed by atoms with E-state index in [1.807, 2.05) is 95.7 Å². The van der Waals surface area contributed by atoms with Crippen LogP contribution in [0.15, 0.2) is 101 Å². The number of hydrogen-bond acceptors (Lipinski definition) is 10. The lowest BCUT2D eigenvalue weighted by Crippen LogP contribution is -2.28. The maximum absolute atomic E-state index is 13.9. The number of hydrazone groups is 1. The zero-order valence-electron chi connectivity index (χ0n) is 26.7. The molecule has 2 aromatic heterocycles. The van der Waals surface area contributed by atoms with E-state index in [-0.39, 0.29) is 30.2 Å². The quantitative estimate of drug-likeness (QED) is 0.147. The molecule has 0 fully saturated rings. The standard InChI is InChI=1S/C35H34N6O5S2/c1-4-46-28-17-11-25(12-18-28)40-32(21-36-34(43)31-6-5-19-47-31)37-38-35(40)48-22-33(42)41-30(24-9-15-27(45-3)16-10-24)20-29(39-41)23-7-13-26(44-2)14-8-23/h5-19,30H,4,20-22H2,1-3H3,(H,36,43)/t30-/m0/s1. The summed E-state index contributed by atoms with van der Waals surface area (Å²) in [5.41, 5.74) is 3.44. The lowest BCUT2D eigenvalue weighted by molar-refractivity contribution is -0.130. The number of rotatable bonds is 13. The smallest absolute Gasteiger partial charge is 0.261 e. The molecule has 0 saturated heterocycles. The number of nitrogens with one attached hydrogen (secondary N) is 1. The highest BCUT2D eigenvalue weighted by Gasteiger charge is 2.33. The van der Waals surface area contributed by atoms with Crippen LogP contribution in [0.1, 0.15) is 46.0 Å². The van der Waals surface area contributed by atoms with Crippen molar-refractivity contribution in [1.82, 2.24) is 25.1 Å². The third-order valence-electron chi connectivity index (χ3n) is 7.67. The van der Waals surface area contributed by atoms with Crippen molar-refractivity contribution in [2.45, 2.75) is 31.1 Å².